The van der Waals surface area contributed by atoms with Crippen LogP contribution in [-0.4, -0.2) is 40.1 Å². The number of carbonyl (C=O) groups is 3. The molecule has 160 valence electrons. The van der Waals surface area contributed by atoms with Crippen molar-refractivity contribution >= 4 is 18.0 Å². The van der Waals surface area contributed by atoms with Crippen LogP contribution in [0.25, 0.3) is 0 Å². The number of hydrogen-bond donors (Lipinski definition) is 1. The Labute approximate surface area is 173 Å². The zero-order valence-electron chi connectivity index (χ0n) is 18.2. The van der Waals surface area contributed by atoms with Gasteiger partial charge in [0.25, 0.3) is 0 Å². The monoisotopic (exact) mass is 401 g/mol. The standard InChI is InChI=1S/C24H35NO4/c1-22(2,3)25-13-17-18(23(4)9-7-16(27)11-20(23)25)8-10-24(12-21(28)29)15(14-26)5-6-19(17)24/h11,14-15,17-19H,5-10,12-13H2,1-4H3,(H,28,29)/t15-,17-,18+,19+,23-,24+/m1/s1. The number of piperidine rings is 1. The minimum atomic E-state index is -0.777. The highest BCUT2D eigenvalue weighted by molar-refractivity contribution is 5.91. The molecule has 1 aliphatic heterocycles. The van der Waals surface area contributed by atoms with E-state index in [9.17, 15) is 19.5 Å². The number of nitrogens with zero attached hydrogens (tertiary/aromatic N) is 1. The number of ketones is 1. The molecule has 0 radical (unpaired) electrons. The summed E-state index contributed by atoms with van der Waals surface area (Å²) in [5.41, 5.74) is 0.655. The number of rotatable bonds is 3. The number of carboxylic acids is 1. The molecule has 1 saturated heterocycles. The predicted octanol–water partition coefficient (Wildman–Crippen LogP) is 4.07. The highest BCUT2D eigenvalue weighted by Crippen LogP contribution is 2.66. The van der Waals surface area contributed by atoms with Crippen molar-refractivity contribution < 1.29 is 19.5 Å². The molecule has 0 unspecified atom stereocenters. The number of aliphatic carboxylic acids is 1. The van der Waals surface area contributed by atoms with E-state index in [0.717, 1.165) is 44.9 Å². The first kappa shape index (κ1) is 20.6. The average molecular weight is 402 g/mol. The zero-order chi connectivity index (χ0) is 21.2. The number of hydrogen-bond acceptors (Lipinski definition) is 4. The third-order valence-electron chi connectivity index (χ3n) is 8.95. The second-order valence-corrected chi connectivity index (χ2v) is 11.2. The van der Waals surface area contributed by atoms with Crippen molar-refractivity contribution in [1.82, 2.24) is 4.90 Å². The first-order chi connectivity index (χ1) is 13.5. The number of carboxylic acid groups (broad SMARTS) is 1. The summed E-state index contributed by atoms with van der Waals surface area (Å²) in [5, 5.41) is 9.69. The van der Waals surface area contributed by atoms with Crippen molar-refractivity contribution in [3.05, 3.63) is 11.8 Å². The molecule has 6 atom stereocenters. The van der Waals surface area contributed by atoms with E-state index in [4.69, 9.17) is 0 Å². The molecule has 4 aliphatic rings. The summed E-state index contributed by atoms with van der Waals surface area (Å²) in [7, 11) is 0. The van der Waals surface area contributed by atoms with Crippen LogP contribution in [0, 0.1) is 34.5 Å². The van der Waals surface area contributed by atoms with Crippen LogP contribution in [0.5, 0.6) is 0 Å². The van der Waals surface area contributed by atoms with E-state index < -0.39 is 5.97 Å². The van der Waals surface area contributed by atoms with Gasteiger partial charge in [-0.1, -0.05) is 6.92 Å². The van der Waals surface area contributed by atoms with Gasteiger partial charge in [0.05, 0.1) is 6.42 Å². The lowest BCUT2D eigenvalue weighted by Gasteiger charge is -2.63. The van der Waals surface area contributed by atoms with Crippen LogP contribution in [0.3, 0.4) is 0 Å². The van der Waals surface area contributed by atoms with Crippen LogP contribution in [0.4, 0.5) is 0 Å². The Balaban J connectivity index is 1.79. The fourth-order valence-electron chi connectivity index (χ4n) is 7.63. The van der Waals surface area contributed by atoms with Crippen molar-refractivity contribution in [3.8, 4) is 0 Å². The molecule has 3 aliphatic carbocycles. The van der Waals surface area contributed by atoms with E-state index in [1.807, 2.05) is 6.08 Å². The Morgan fingerprint density at radius 3 is 2.59 bits per heavy atom. The molecular formula is C24H35NO4. The van der Waals surface area contributed by atoms with E-state index >= 15 is 0 Å². The van der Waals surface area contributed by atoms with Crippen molar-refractivity contribution in [2.24, 2.45) is 34.5 Å². The summed E-state index contributed by atoms with van der Waals surface area (Å²) in [6.45, 7) is 9.79. The van der Waals surface area contributed by atoms with Crippen molar-refractivity contribution in [2.75, 3.05) is 6.54 Å². The summed E-state index contributed by atoms with van der Waals surface area (Å²) < 4.78 is 0. The summed E-state index contributed by atoms with van der Waals surface area (Å²) in [6, 6.07) is 0. The van der Waals surface area contributed by atoms with E-state index in [1.54, 1.807) is 0 Å². The van der Waals surface area contributed by atoms with Crippen molar-refractivity contribution in [1.29, 1.82) is 0 Å². The second-order valence-electron chi connectivity index (χ2n) is 11.2. The van der Waals surface area contributed by atoms with E-state index in [-0.39, 0.29) is 40.4 Å². The lowest BCUT2D eigenvalue weighted by atomic mass is 9.48. The molecule has 0 aromatic heterocycles. The quantitative estimate of drug-likeness (QED) is 0.722. The molecule has 4 rings (SSSR count). The highest BCUT2D eigenvalue weighted by Gasteiger charge is 2.63. The normalized spacial score (nSPS) is 41.9. The maximum Gasteiger partial charge on any atom is 0.303 e. The number of aldehydes is 1. The van der Waals surface area contributed by atoms with Gasteiger partial charge in [-0.3, -0.25) is 9.59 Å². The van der Waals surface area contributed by atoms with Crippen LogP contribution < -0.4 is 0 Å². The van der Waals surface area contributed by atoms with Gasteiger partial charge in [0, 0.05) is 41.6 Å². The average Bonchev–Trinajstić information content (AvgIpc) is 2.98. The molecule has 1 heterocycles. The van der Waals surface area contributed by atoms with E-state index in [0.29, 0.717) is 18.3 Å². The molecule has 0 aromatic rings. The Morgan fingerprint density at radius 2 is 1.97 bits per heavy atom. The minimum absolute atomic E-state index is 0.0429. The maximum absolute atomic E-state index is 12.3. The third-order valence-corrected chi connectivity index (χ3v) is 8.95. The number of fused-ring (bicyclic) bond motifs is 5. The van der Waals surface area contributed by atoms with E-state index in [1.165, 1.54) is 5.70 Å². The SMILES string of the molecule is CC(C)(C)N1C[C@H]2[C@@H]3CC[C@H](C=O)[C@@]3(CC(=O)O)CC[C@@H]2[C@@]2(C)CCC(=O)C=C12. The molecule has 0 bridgehead atoms. The topological polar surface area (TPSA) is 74.7 Å². The molecule has 1 N–H and O–H groups in total. The Bertz CT molecular complexity index is 765. The molecule has 0 spiro atoms. The fourth-order valence-corrected chi connectivity index (χ4v) is 7.63. The van der Waals surface area contributed by atoms with Gasteiger partial charge in [0.15, 0.2) is 5.78 Å². The Kier molecular flexibility index (Phi) is 4.75. The number of allylic oxidation sites excluding steroid dienone is 2. The molecule has 0 aromatic carbocycles. The van der Waals surface area contributed by atoms with Gasteiger partial charge in [0.2, 0.25) is 0 Å². The molecule has 5 nitrogen and oxygen atoms in total. The van der Waals surface area contributed by atoms with Gasteiger partial charge in [-0.25, -0.2) is 0 Å². The van der Waals surface area contributed by atoms with Crippen molar-refractivity contribution in [2.45, 2.75) is 78.2 Å². The van der Waals surface area contributed by atoms with Crippen LogP contribution in [0.1, 0.15) is 72.6 Å². The number of likely N-dealkylation sites (tertiary alicyclic amines) is 1. The summed E-state index contributed by atoms with van der Waals surface area (Å²) in [5.74, 6) is 0.419. The molecular weight excluding hydrogens is 366 g/mol. The van der Waals surface area contributed by atoms with Gasteiger partial charge in [0.1, 0.15) is 6.29 Å². The van der Waals surface area contributed by atoms with Gasteiger partial charge < -0.3 is 14.8 Å². The first-order valence-electron chi connectivity index (χ1n) is 11.2. The molecule has 3 fully saturated rings. The van der Waals surface area contributed by atoms with Gasteiger partial charge in [-0.2, -0.15) is 0 Å². The molecule has 29 heavy (non-hydrogen) atoms. The fraction of sp³-hybridized carbons (Fsp3) is 0.792. The minimum Gasteiger partial charge on any atom is -0.481 e. The first-order valence-corrected chi connectivity index (χ1v) is 11.2. The maximum atomic E-state index is 12.3. The lowest BCUT2D eigenvalue weighted by Crippen LogP contribution is -2.61. The van der Waals surface area contributed by atoms with Gasteiger partial charge in [-0.15, -0.1) is 0 Å². The Morgan fingerprint density at radius 1 is 1.24 bits per heavy atom. The van der Waals surface area contributed by atoms with Gasteiger partial charge in [-0.05, 0) is 76.0 Å². The molecule has 2 saturated carbocycles. The molecule has 5 heteroatoms. The van der Waals surface area contributed by atoms with Crippen LogP contribution >= 0.6 is 0 Å². The smallest absolute Gasteiger partial charge is 0.303 e. The summed E-state index contributed by atoms with van der Waals surface area (Å²) in [4.78, 5) is 38.5. The lowest BCUT2D eigenvalue weighted by molar-refractivity contribution is -0.149. The largest absolute Gasteiger partial charge is 0.481 e. The van der Waals surface area contributed by atoms with Gasteiger partial charge >= 0.3 is 5.97 Å². The zero-order valence-corrected chi connectivity index (χ0v) is 18.2. The summed E-state index contributed by atoms with van der Waals surface area (Å²) >= 11 is 0. The van der Waals surface area contributed by atoms with Crippen molar-refractivity contribution in [3.63, 3.8) is 0 Å². The van der Waals surface area contributed by atoms with Crippen LogP contribution in [0.2, 0.25) is 0 Å². The highest BCUT2D eigenvalue weighted by atomic mass is 16.4. The molecule has 0 amide bonds. The van der Waals surface area contributed by atoms with E-state index in [2.05, 4.69) is 32.6 Å². The number of carbonyl (C=O) groups excluding carboxylic acids is 2. The Hall–Kier alpha value is -1.65. The van der Waals surface area contributed by atoms with Crippen LogP contribution in [0.15, 0.2) is 11.8 Å². The third kappa shape index (κ3) is 2.98. The predicted molar refractivity (Wildman–Crippen MR) is 110 cm³/mol. The summed E-state index contributed by atoms with van der Waals surface area (Å²) in [6.07, 6.45) is 8.07. The second kappa shape index (κ2) is 6.68. The van der Waals surface area contributed by atoms with Crippen LogP contribution in [-0.2, 0) is 14.4 Å².